The topological polar surface area (TPSA) is 20.3 Å². The third kappa shape index (κ3) is 3.42. The van der Waals surface area contributed by atoms with Gasteiger partial charge in [-0.15, -0.1) is 11.8 Å². The number of rotatable bonds is 4. The molecule has 0 heterocycles. The standard InChI is InChI=1S/C17H19NOS/c1-13(2)20-16-12-8-7-11-15(16)17(19)18(3)14-9-5-4-6-10-14/h4-13H,1-3H3. The molecule has 2 rings (SSSR count). The number of carbonyl (C=O) groups is 1. The minimum Gasteiger partial charge on any atom is -0.311 e. The van der Waals surface area contributed by atoms with Crippen molar-refractivity contribution in [2.45, 2.75) is 24.0 Å². The number of anilines is 1. The molecule has 20 heavy (non-hydrogen) atoms. The van der Waals surface area contributed by atoms with E-state index >= 15 is 0 Å². The van der Waals surface area contributed by atoms with Gasteiger partial charge in [0, 0.05) is 22.9 Å². The Balaban J connectivity index is 2.29. The van der Waals surface area contributed by atoms with Gasteiger partial charge in [-0.2, -0.15) is 0 Å². The van der Waals surface area contributed by atoms with E-state index in [0.29, 0.717) is 5.25 Å². The van der Waals surface area contributed by atoms with Crippen LogP contribution in [-0.2, 0) is 0 Å². The van der Waals surface area contributed by atoms with E-state index in [1.54, 1.807) is 16.7 Å². The van der Waals surface area contributed by atoms with E-state index in [0.717, 1.165) is 16.1 Å². The van der Waals surface area contributed by atoms with Gasteiger partial charge in [0.2, 0.25) is 0 Å². The first-order valence-electron chi connectivity index (χ1n) is 6.68. The Hall–Kier alpha value is -1.74. The summed E-state index contributed by atoms with van der Waals surface area (Å²) in [5.74, 6) is 0.0277. The molecule has 2 aromatic carbocycles. The number of para-hydroxylation sites is 1. The number of hydrogen-bond acceptors (Lipinski definition) is 2. The maximum Gasteiger partial charge on any atom is 0.259 e. The molecule has 0 spiro atoms. The van der Waals surface area contributed by atoms with Crippen LogP contribution >= 0.6 is 11.8 Å². The van der Waals surface area contributed by atoms with Crippen LogP contribution in [0.3, 0.4) is 0 Å². The van der Waals surface area contributed by atoms with Gasteiger partial charge in [0.15, 0.2) is 0 Å². The molecule has 0 aromatic heterocycles. The summed E-state index contributed by atoms with van der Waals surface area (Å²) < 4.78 is 0. The molecule has 0 aliphatic rings. The molecule has 0 N–H and O–H groups in total. The number of thioether (sulfide) groups is 1. The van der Waals surface area contributed by atoms with Crippen molar-refractivity contribution >= 4 is 23.4 Å². The lowest BCUT2D eigenvalue weighted by molar-refractivity contribution is 0.0990. The molecular weight excluding hydrogens is 266 g/mol. The predicted octanol–water partition coefficient (Wildman–Crippen LogP) is 4.46. The Kier molecular flexibility index (Phi) is 4.85. The summed E-state index contributed by atoms with van der Waals surface area (Å²) in [6.07, 6.45) is 0. The van der Waals surface area contributed by atoms with E-state index < -0.39 is 0 Å². The number of nitrogens with zero attached hydrogens (tertiary/aromatic N) is 1. The molecular formula is C17H19NOS. The Labute approximate surface area is 124 Å². The smallest absolute Gasteiger partial charge is 0.259 e. The second-order valence-corrected chi connectivity index (χ2v) is 6.48. The van der Waals surface area contributed by atoms with E-state index in [4.69, 9.17) is 0 Å². The van der Waals surface area contributed by atoms with E-state index in [2.05, 4.69) is 13.8 Å². The largest absolute Gasteiger partial charge is 0.311 e. The van der Waals surface area contributed by atoms with E-state index in [9.17, 15) is 4.79 Å². The van der Waals surface area contributed by atoms with Gasteiger partial charge in [0.25, 0.3) is 5.91 Å². The van der Waals surface area contributed by atoms with E-state index in [1.807, 2.05) is 61.6 Å². The average molecular weight is 285 g/mol. The Morgan fingerprint density at radius 3 is 2.25 bits per heavy atom. The summed E-state index contributed by atoms with van der Waals surface area (Å²) in [6, 6.07) is 17.5. The molecule has 0 unspecified atom stereocenters. The molecule has 1 amide bonds. The first-order valence-corrected chi connectivity index (χ1v) is 7.56. The Morgan fingerprint density at radius 1 is 1.00 bits per heavy atom. The average Bonchev–Trinajstić information content (AvgIpc) is 2.46. The summed E-state index contributed by atoms with van der Waals surface area (Å²) in [7, 11) is 1.81. The minimum atomic E-state index is 0.0277. The fourth-order valence-corrected chi connectivity index (χ4v) is 2.90. The molecule has 0 bridgehead atoms. The van der Waals surface area contributed by atoms with Crippen LogP contribution in [0.2, 0.25) is 0 Å². The fourth-order valence-electron chi connectivity index (χ4n) is 1.95. The van der Waals surface area contributed by atoms with Gasteiger partial charge in [0.05, 0.1) is 5.56 Å². The van der Waals surface area contributed by atoms with Crippen molar-refractivity contribution in [2.75, 3.05) is 11.9 Å². The Bertz CT molecular complexity index is 581. The van der Waals surface area contributed by atoms with Crippen molar-refractivity contribution in [1.82, 2.24) is 0 Å². The lowest BCUT2D eigenvalue weighted by Gasteiger charge is -2.19. The summed E-state index contributed by atoms with van der Waals surface area (Å²) in [5, 5.41) is 0.450. The van der Waals surface area contributed by atoms with Crippen molar-refractivity contribution in [1.29, 1.82) is 0 Å². The van der Waals surface area contributed by atoms with Gasteiger partial charge in [-0.25, -0.2) is 0 Å². The van der Waals surface area contributed by atoms with Crippen LogP contribution in [0.25, 0.3) is 0 Å². The summed E-state index contributed by atoms with van der Waals surface area (Å²) >= 11 is 1.72. The highest BCUT2D eigenvalue weighted by atomic mass is 32.2. The van der Waals surface area contributed by atoms with Crippen molar-refractivity contribution < 1.29 is 4.79 Å². The van der Waals surface area contributed by atoms with Gasteiger partial charge in [-0.1, -0.05) is 44.2 Å². The molecule has 3 heteroatoms. The highest BCUT2D eigenvalue weighted by Gasteiger charge is 2.17. The van der Waals surface area contributed by atoms with Crippen LogP contribution in [0, 0.1) is 0 Å². The first-order chi connectivity index (χ1) is 9.59. The van der Waals surface area contributed by atoms with Crippen LogP contribution in [0.15, 0.2) is 59.5 Å². The molecule has 2 aromatic rings. The maximum atomic E-state index is 12.7. The quantitative estimate of drug-likeness (QED) is 0.773. The summed E-state index contributed by atoms with van der Waals surface area (Å²) in [6.45, 7) is 4.26. The second-order valence-electron chi connectivity index (χ2n) is 4.86. The van der Waals surface area contributed by atoms with Crippen molar-refractivity contribution in [3.63, 3.8) is 0 Å². The predicted molar refractivity (Wildman–Crippen MR) is 86.6 cm³/mol. The van der Waals surface area contributed by atoms with Gasteiger partial charge in [0.1, 0.15) is 0 Å². The number of amides is 1. The van der Waals surface area contributed by atoms with E-state index in [-0.39, 0.29) is 5.91 Å². The SMILES string of the molecule is CC(C)Sc1ccccc1C(=O)N(C)c1ccccc1. The second kappa shape index (κ2) is 6.62. The molecule has 0 aliphatic carbocycles. The van der Waals surface area contributed by atoms with Crippen LogP contribution in [0.4, 0.5) is 5.69 Å². The number of benzene rings is 2. The molecule has 0 atom stereocenters. The summed E-state index contributed by atoms with van der Waals surface area (Å²) in [4.78, 5) is 15.4. The van der Waals surface area contributed by atoms with E-state index in [1.165, 1.54) is 0 Å². The minimum absolute atomic E-state index is 0.0277. The van der Waals surface area contributed by atoms with Crippen LogP contribution in [0.5, 0.6) is 0 Å². The van der Waals surface area contributed by atoms with Gasteiger partial charge in [-0.3, -0.25) is 4.79 Å². The molecule has 0 radical (unpaired) electrons. The fraction of sp³-hybridized carbons (Fsp3) is 0.235. The van der Waals surface area contributed by atoms with Crippen LogP contribution in [-0.4, -0.2) is 18.2 Å². The maximum absolute atomic E-state index is 12.7. The lowest BCUT2D eigenvalue weighted by atomic mass is 10.2. The highest BCUT2D eigenvalue weighted by molar-refractivity contribution is 8.00. The van der Waals surface area contributed by atoms with Crippen molar-refractivity contribution in [3.05, 3.63) is 60.2 Å². The zero-order chi connectivity index (χ0) is 14.5. The van der Waals surface area contributed by atoms with Crippen LogP contribution in [0.1, 0.15) is 24.2 Å². The lowest BCUT2D eigenvalue weighted by Crippen LogP contribution is -2.26. The number of hydrogen-bond donors (Lipinski definition) is 0. The zero-order valence-electron chi connectivity index (χ0n) is 12.0. The molecule has 104 valence electrons. The van der Waals surface area contributed by atoms with Gasteiger partial charge >= 0.3 is 0 Å². The van der Waals surface area contributed by atoms with Gasteiger partial charge < -0.3 is 4.90 Å². The molecule has 0 aliphatic heterocycles. The van der Waals surface area contributed by atoms with Crippen LogP contribution < -0.4 is 4.90 Å². The third-order valence-corrected chi connectivity index (χ3v) is 4.01. The molecule has 0 fully saturated rings. The molecule has 0 saturated carbocycles. The third-order valence-electron chi connectivity index (χ3n) is 2.93. The van der Waals surface area contributed by atoms with Gasteiger partial charge in [-0.05, 0) is 24.3 Å². The monoisotopic (exact) mass is 285 g/mol. The highest BCUT2D eigenvalue weighted by Crippen LogP contribution is 2.28. The van der Waals surface area contributed by atoms with Crippen molar-refractivity contribution in [3.8, 4) is 0 Å². The first kappa shape index (κ1) is 14.7. The molecule has 2 nitrogen and oxygen atoms in total. The normalized spacial score (nSPS) is 10.6. The summed E-state index contributed by atoms with van der Waals surface area (Å²) in [5.41, 5.74) is 1.67. The molecule has 0 saturated heterocycles. The zero-order valence-corrected chi connectivity index (χ0v) is 12.9. The van der Waals surface area contributed by atoms with Crippen molar-refractivity contribution in [2.24, 2.45) is 0 Å². The number of carbonyl (C=O) groups excluding carboxylic acids is 1. The Morgan fingerprint density at radius 2 is 1.60 bits per heavy atom.